The largest absolute Gasteiger partial charge is 0.476 e. The number of hydrogen-bond donors (Lipinski definition) is 1. The number of carboxylic acid groups (broad SMARTS) is 1. The zero-order chi connectivity index (χ0) is 15.1. The number of halogens is 2. The van der Waals surface area contributed by atoms with Crippen molar-refractivity contribution < 1.29 is 18.7 Å². The fraction of sp³-hybridized carbons (Fsp3) is 0.286. The molecule has 1 aromatic heterocycles. The summed E-state index contributed by atoms with van der Waals surface area (Å²) in [6.45, 7) is 1.07. The first-order valence-corrected chi connectivity index (χ1v) is 6.46. The topological polar surface area (TPSA) is 58.4 Å². The number of likely N-dealkylation sites (N-methyl/N-ethyl adjacent to an activating group) is 1. The van der Waals surface area contributed by atoms with E-state index in [0.717, 1.165) is 16.8 Å². The van der Waals surface area contributed by atoms with Gasteiger partial charge >= 0.3 is 5.97 Å². The highest BCUT2D eigenvalue weighted by Gasteiger charge is 2.29. The van der Waals surface area contributed by atoms with Gasteiger partial charge in [0.1, 0.15) is 5.69 Å². The lowest BCUT2D eigenvalue weighted by Gasteiger charge is -2.23. The van der Waals surface area contributed by atoms with Crippen molar-refractivity contribution in [1.82, 2.24) is 14.7 Å². The molecule has 0 atom stereocenters. The Balaban J connectivity index is 2.25. The second-order valence-electron chi connectivity index (χ2n) is 5.05. The Kier molecular flexibility index (Phi) is 3.21. The van der Waals surface area contributed by atoms with Crippen LogP contribution in [0.3, 0.4) is 0 Å². The van der Waals surface area contributed by atoms with Crippen LogP contribution in [0.1, 0.15) is 21.7 Å². The predicted molar refractivity (Wildman–Crippen MR) is 70.5 cm³/mol. The Labute approximate surface area is 119 Å². The van der Waals surface area contributed by atoms with Gasteiger partial charge in [0.15, 0.2) is 17.3 Å². The third-order valence-electron chi connectivity index (χ3n) is 3.60. The van der Waals surface area contributed by atoms with Crippen LogP contribution < -0.4 is 0 Å². The summed E-state index contributed by atoms with van der Waals surface area (Å²) >= 11 is 0. The molecule has 0 fully saturated rings. The van der Waals surface area contributed by atoms with E-state index in [4.69, 9.17) is 0 Å². The number of benzene rings is 1. The van der Waals surface area contributed by atoms with Crippen molar-refractivity contribution in [3.8, 4) is 5.69 Å². The second-order valence-corrected chi connectivity index (χ2v) is 5.05. The number of nitrogens with zero attached hydrogens (tertiary/aromatic N) is 3. The Morgan fingerprint density at radius 1 is 1.33 bits per heavy atom. The van der Waals surface area contributed by atoms with E-state index in [0.29, 0.717) is 30.8 Å². The Morgan fingerprint density at radius 3 is 2.62 bits per heavy atom. The van der Waals surface area contributed by atoms with Crippen molar-refractivity contribution in [2.75, 3.05) is 13.6 Å². The lowest BCUT2D eigenvalue weighted by molar-refractivity contribution is 0.0687. The van der Waals surface area contributed by atoms with Gasteiger partial charge in [-0.15, -0.1) is 0 Å². The summed E-state index contributed by atoms with van der Waals surface area (Å²) in [5, 5.41) is 13.2. The summed E-state index contributed by atoms with van der Waals surface area (Å²) < 4.78 is 29.0. The Morgan fingerprint density at radius 2 is 2.00 bits per heavy atom. The standard InChI is InChI=1S/C14H13F2N3O2/c1-18-6-5-11-8(7-18)12(14(20)21)17-19(11)13-9(15)3-2-4-10(13)16/h2-4H,5-7H2,1H3,(H,20,21). The molecular formula is C14H13F2N3O2. The van der Waals surface area contributed by atoms with E-state index >= 15 is 0 Å². The summed E-state index contributed by atoms with van der Waals surface area (Å²) in [4.78, 5) is 13.3. The molecule has 0 amide bonds. The number of para-hydroxylation sites is 1. The molecule has 1 aromatic carbocycles. The van der Waals surface area contributed by atoms with Gasteiger partial charge in [-0.3, -0.25) is 0 Å². The molecule has 0 unspecified atom stereocenters. The number of carboxylic acids is 1. The smallest absolute Gasteiger partial charge is 0.356 e. The number of hydrogen-bond acceptors (Lipinski definition) is 3. The monoisotopic (exact) mass is 293 g/mol. The summed E-state index contributed by atoms with van der Waals surface area (Å²) in [6, 6.07) is 3.51. The van der Waals surface area contributed by atoms with Crippen LogP contribution in [0, 0.1) is 11.6 Å². The van der Waals surface area contributed by atoms with E-state index in [1.54, 1.807) is 0 Å². The van der Waals surface area contributed by atoms with Crippen LogP contribution in [0.15, 0.2) is 18.2 Å². The fourth-order valence-electron chi connectivity index (χ4n) is 2.60. The summed E-state index contributed by atoms with van der Waals surface area (Å²) in [5.74, 6) is -2.73. The fourth-order valence-corrected chi connectivity index (χ4v) is 2.60. The van der Waals surface area contributed by atoms with E-state index in [1.165, 1.54) is 6.07 Å². The number of aromatic carboxylic acids is 1. The molecule has 0 spiro atoms. The molecule has 110 valence electrons. The van der Waals surface area contributed by atoms with Crippen molar-refractivity contribution >= 4 is 5.97 Å². The van der Waals surface area contributed by atoms with Crippen LogP contribution >= 0.6 is 0 Å². The average molecular weight is 293 g/mol. The molecule has 7 heteroatoms. The van der Waals surface area contributed by atoms with Gasteiger partial charge in [-0.1, -0.05) is 6.07 Å². The van der Waals surface area contributed by atoms with Gasteiger partial charge in [-0.2, -0.15) is 5.10 Å². The molecule has 0 saturated carbocycles. The van der Waals surface area contributed by atoms with E-state index in [2.05, 4.69) is 5.10 Å². The molecular weight excluding hydrogens is 280 g/mol. The van der Waals surface area contributed by atoms with Crippen LogP contribution in [0.4, 0.5) is 8.78 Å². The van der Waals surface area contributed by atoms with Gasteiger partial charge in [-0.25, -0.2) is 18.3 Å². The first kappa shape index (κ1) is 13.7. The zero-order valence-corrected chi connectivity index (χ0v) is 11.3. The number of fused-ring (bicyclic) bond motifs is 1. The molecule has 1 aliphatic heterocycles. The van der Waals surface area contributed by atoms with Crippen molar-refractivity contribution in [1.29, 1.82) is 0 Å². The van der Waals surface area contributed by atoms with Crippen molar-refractivity contribution in [3.05, 3.63) is 46.8 Å². The maximum Gasteiger partial charge on any atom is 0.356 e. The molecule has 21 heavy (non-hydrogen) atoms. The van der Waals surface area contributed by atoms with Gasteiger partial charge in [0, 0.05) is 25.1 Å². The number of rotatable bonds is 2. The lowest BCUT2D eigenvalue weighted by atomic mass is 10.1. The normalized spacial score (nSPS) is 15.0. The molecule has 0 saturated heterocycles. The zero-order valence-electron chi connectivity index (χ0n) is 11.3. The highest BCUT2D eigenvalue weighted by Crippen LogP contribution is 2.27. The average Bonchev–Trinajstić information content (AvgIpc) is 2.77. The van der Waals surface area contributed by atoms with Gasteiger partial charge in [0.2, 0.25) is 0 Å². The molecule has 0 radical (unpaired) electrons. The summed E-state index contributed by atoms with van der Waals surface area (Å²) in [7, 11) is 1.86. The molecule has 3 rings (SSSR count). The molecule has 5 nitrogen and oxygen atoms in total. The number of carbonyl (C=O) groups is 1. The second kappa shape index (κ2) is 4.92. The van der Waals surface area contributed by atoms with E-state index in [1.807, 2.05) is 11.9 Å². The van der Waals surface area contributed by atoms with Crippen LogP contribution in [0.25, 0.3) is 5.69 Å². The maximum absolute atomic E-state index is 13.9. The third-order valence-corrected chi connectivity index (χ3v) is 3.60. The quantitative estimate of drug-likeness (QED) is 0.918. The number of aromatic nitrogens is 2. The van der Waals surface area contributed by atoms with E-state index < -0.39 is 17.6 Å². The minimum atomic E-state index is -1.20. The van der Waals surface area contributed by atoms with Crippen molar-refractivity contribution in [2.24, 2.45) is 0 Å². The van der Waals surface area contributed by atoms with Gasteiger partial charge in [0.25, 0.3) is 0 Å². The highest BCUT2D eigenvalue weighted by molar-refractivity contribution is 5.87. The SMILES string of the molecule is CN1CCc2c(c(C(=O)O)nn2-c2c(F)cccc2F)C1. The maximum atomic E-state index is 13.9. The minimum Gasteiger partial charge on any atom is -0.476 e. The molecule has 0 bridgehead atoms. The highest BCUT2D eigenvalue weighted by atomic mass is 19.1. The first-order chi connectivity index (χ1) is 9.99. The molecule has 0 aliphatic carbocycles. The van der Waals surface area contributed by atoms with E-state index in [-0.39, 0.29) is 11.4 Å². The Bertz CT molecular complexity index is 707. The van der Waals surface area contributed by atoms with E-state index in [9.17, 15) is 18.7 Å². The molecule has 2 heterocycles. The van der Waals surface area contributed by atoms with Crippen LogP contribution in [-0.2, 0) is 13.0 Å². The van der Waals surface area contributed by atoms with Crippen molar-refractivity contribution in [2.45, 2.75) is 13.0 Å². The van der Waals surface area contributed by atoms with Gasteiger partial charge in [-0.05, 0) is 19.2 Å². The van der Waals surface area contributed by atoms with Crippen LogP contribution in [0.2, 0.25) is 0 Å². The summed E-state index contributed by atoms with van der Waals surface area (Å²) in [5.41, 5.74) is 0.582. The minimum absolute atomic E-state index is 0.154. The third kappa shape index (κ3) is 2.19. The molecule has 2 aromatic rings. The summed E-state index contributed by atoms with van der Waals surface area (Å²) in [6.07, 6.45) is 0.486. The first-order valence-electron chi connectivity index (χ1n) is 6.46. The van der Waals surface area contributed by atoms with Crippen molar-refractivity contribution in [3.63, 3.8) is 0 Å². The van der Waals surface area contributed by atoms with Crippen LogP contribution in [-0.4, -0.2) is 39.3 Å². The van der Waals surface area contributed by atoms with Gasteiger partial charge in [0.05, 0.1) is 5.69 Å². The van der Waals surface area contributed by atoms with Crippen LogP contribution in [0.5, 0.6) is 0 Å². The lowest BCUT2D eigenvalue weighted by Crippen LogP contribution is -2.28. The molecule has 1 aliphatic rings. The van der Waals surface area contributed by atoms with Gasteiger partial charge < -0.3 is 10.0 Å². The Hall–Kier alpha value is -2.28. The molecule has 1 N–H and O–H groups in total. The predicted octanol–water partition coefficient (Wildman–Crippen LogP) is 1.84.